The zero-order chi connectivity index (χ0) is 19.8. The van der Waals surface area contributed by atoms with Crippen molar-refractivity contribution in [1.29, 1.82) is 0 Å². The maximum Gasteiger partial charge on any atom is 0.130 e. The van der Waals surface area contributed by atoms with Crippen molar-refractivity contribution < 1.29 is 9.47 Å². The van der Waals surface area contributed by atoms with Crippen molar-refractivity contribution in [2.45, 2.75) is 18.7 Å². The Morgan fingerprint density at radius 2 is 1.64 bits per heavy atom. The summed E-state index contributed by atoms with van der Waals surface area (Å²) in [4.78, 5) is 5.98. The van der Waals surface area contributed by atoms with E-state index in [0.29, 0.717) is 0 Å². The van der Waals surface area contributed by atoms with Gasteiger partial charge in [0, 0.05) is 16.5 Å². The van der Waals surface area contributed by atoms with Gasteiger partial charge in [0.1, 0.15) is 16.5 Å². The average molecular weight is 390 g/mol. The predicted octanol–water partition coefficient (Wildman–Crippen LogP) is 6.81. The second-order valence-electron chi connectivity index (χ2n) is 6.27. The third kappa shape index (κ3) is 5.76. The van der Waals surface area contributed by atoms with Crippen LogP contribution in [0.4, 0.5) is 5.69 Å². The van der Waals surface area contributed by atoms with Crippen LogP contribution in [0.3, 0.4) is 0 Å². The van der Waals surface area contributed by atoms with Gasteiger partial charge in [0.15, 0.2) is 0 Å². The highest BCUT2D eigenvalue weighted by Crippen LogP contribution is 2.27. The molecule has 0 saturated carbocycles. The van der Waals surface area contributed by atoms with E-state index >= 15 is 0 Å². The largest absolute Gasteiger partial charge is 0.497 e. The monoisotopic (exact) mass is 389 g/mol. The highest BCUT2D eigenvalue weighted by Gasteiger charge is 2.08. The van der Waals surface area contributed by atoms with Gasteiger partial charge < -0.3 is 9.47 Å². The summed E-state index contributed by atoms with van der Waals surface area (Å²) in [6.45, 7) is 4.09. The summed E-state index contributed by atoms with van der Waals surface area (Å²) < 4.78 is 11.1. The number of para-hydroxylation sites is 1. The number of nitrogens with zero attached hydrogens (tertiary/aromatic N) is 1. The number of hydrogen-bond donors (Lipinski definition) is 0. The highest BCUT2D eigenvalue weighted by molar-refractivity contribution is 8.14. The molecule has 0 aromatic heterocycles. The van der Waals surface area contributed by atoms with Crippen LogP contribution in [-0.2, 0) is 0 Å². The van der Waals surface area contributed by atoms with Crippen LogP contribution in [-0.4, -0.2) is 12.2 Å². The smallest absolute Gasteiger partial charge is 0.130 e. The third-order valence-corrected chi connectivity index (χ3v) is 5.04. The second-order valence-corrected chi connectivity index (χ2v) is 7.33. The lowest BCUT2D eigenvalue weighted by Crippen LogP contribution is -1.97. The molecule has 0 fully saturated rings. The molecule has 0 spiro atoms. The van der Waals surface area contributed by atoms with Crippen LogP contribution in [0.2, 0.25) is 0 Å². The van der Waals surface area contributed by atoms with Crippen LogP contribution in [0.25, 0.3) is 0 Å². The zero-order valence-corrected chi connectivity index (χ0v) is 17.1. The standard InChI is InChI=1S/C24H23NO2S/c1-18-9-7-14-23(15-18)28-24(25-20-10-5-4-6-11-20)19(2)17-27-22-13-8-12-21(16-22)26-3/h4-17H,1-3H3/b19-17+,25-24-. The van der Waals surface area contributed by atoms with Crippen molar-refractivity contribution in [1.82, 2.24) is 0 Å². The molecule has 3 aromatic rings. The maximum absolute atomic E-state index is 5.85. The molecule has 0 aliphatic heterocycles. The van der Waals surface area contributed by atoms with Gasteiger partial charge >= 0.3 is 0 Å². The molecule has 0 unspecified atom stereocenters. The molecule has 0 N–H and O–H groups in total. The minimum absolute atomic E-state index is 0.721. The molecule has 0 saturated heterocycles. The Labute approximate surface area is 170 Å². The molecular weight excluding hydrogens is 366 g/mol. The van der Waals surface area contributed by atoms with E-state index in [0.717, 1.165) is 32.7 Å². The average Bonchev–Trinajstić information content (AvgIpc) is 2.72. The topological polar surface area (TPSA) is 30.8 Å². The maximum atomic E-state index is 5.85. The van der Waals surface area contributed by atoms with Crippen molar-refractivity contribution in [2.24, 2.45) is 4.99 Å². The molecule has 0 aliphatic carbocycles. The summed E-state index contributed by atoms with van der Waals surface area (Å²) >= 11 is 1.63. The van der Waals surface area contributed by atoms with Gasteiger partial charge in [0.2, 0.25) is 0 Å². The number of ether oxygens (including phenoxy) is 2. The van der Waals surface area contributed by atoms with E-state index in [2.05, 4.69) is 31.2 Å². The first-order valence-corrected chi connectivity index (χ1v) is 9.82. The molecule has 3 rings (SSSR count). The summed E-state index contributed by atoms with van der Waals surface area (Å²) in [6.07, 6.45) is 1.74. The molecule has 0 amide bonds. The van der Waals surface area contributed by atoms with E-state index in [1.54, 1.807) is 25.1 Å². The molecule has 3 nitrogen and oxygen atoms in total. The predicted molar refractivity (Wildman–Crippen MR) is 118 cm³/mol. The Morgan fingerprint density at radius 3 is 2.39 bits per heavy atom. The van der Waals surface area contributed by atoms with Gasteiger partial charge in [-0.2, -0.15) is 0 Å². The number of rotatable bonds is 6. The summed E-state index contributed by atoms with van der Waals surface area (Å²) in [6, 6.07) is 25.9. The van der Waals surface area contributed by atoms with Crippen molar-refractivity contribution in [3.63, 3.8) is 0 Å². The third-order valence-electron chi connectivity index (χ3n) is 3.94. The van der Waals surface area contributed by atoms with Gasteiger partial charge in [0.25, 0.3) is 0 Å². The first kappa shape index (κ1) is 19.8. The van der Waals surface area contributed by atoms with Gasteiger partial charge in [-0.05, 0) is 50.2 Å². The molecule has 0 radical (unpaired) electrons. The summed E-state index contributed by atoms with van der Waals surface area (Å²) in [5.41, 5.74) is 3.07. The first-order valence-electron chi connectivity index (χ1n) is 9.00. The number of hydrogen-bond acceptors (Lipinski definition) is 4. The fourth-order valence-corrected chi connectivity index (χ4v) is 3.46. The SMILES string of the molecule is COc1cccc(O/C=C(C)/C(=N/c2ccccc2)Sc2cccc(C)c2)c1. The van der Waals surface area contributed by atoms with Crippen LogP contribution in [0.5, 0.6) is 11.5 Å². The fraction of sp³-hybridized carbons (Fsp3) is 0.125. The highest BCUT2D eigenvalue weighted by atomic mass is 32.2. The van der Waals surface area contributed by atoms with Crippen LogP contribution < -0.4 is 9.47 Å². The Morgan fingerprint density at radius 1 is 0.893 bits per heavy atom. The summed E-state index contributed by atoms with van der Waals surface area (Å²) in [5, 5.41) is 0.889. The molecule has 0 atom stereocenters. The van der Waals surface area contributed by atoms with E-state index in [4.69, 9.17) is 14.5 Å². The van der Waals surface area contributed by atoms with Gasteiger partial charge in [-0.3, -0.25) is 0 Å². The Kier molecular flexibility index (Phi) is 6.93. The molecule has 4 heteroatoms. The molecule has 3 aromatic carbocycles. The van der Waals surface area contributed by atoms with E-state index in [9.17, 15) is 0 Å². The van der Waals surface area contributed by atoms with Crippen molar-refractivity contribution in [3.8, 4) is 11.5 Å². The second kappa shape index (κ2) is 9.81. The van der Waals surface area contributed by atoms with Crippen molar-refractivity contribution >= 4 is 22.5 Å². The Hall–Kier alpha value is -2.98. The number of aliphatic imine (C=N–C) groups is 1. The fourth-order valence-electron chi connectivity index (χ4n) is 2.48. The number of thioether (sulfide) groups is 1. The lowest BCUT2D eigenvalue weighted by Gasteiger charge is -2.09. The van der Waals surface area contributed by atoms with E-state index in [1.807, 2.05) is 61.5 Å². The molecule has 142 valence electrons. The zero-order valence-electron chi connectivity index (χ0n) is 16.3. The van der Waals surface area contributed by atoms with Gasteiger partial charge in [0.05, 0.1) is 19.1 Å². The van der Waals surface area contributed by atoms with Crippen LogP contribution in [0, 0.1) is 6.92 Å². The van der Waals surface area contributed by atoms with Gasteiger partial charge in [-0.25, -0.2) is 4.99 Å². The quantitative estimate of drug-likeness (QED) is 0.201. The van der Waals surface area contributed by atoms with Crippen LogP contribution in [0.15, 0.2) is 101 Å². The van der Waals surface area contributed by atoms with Gasteiger partial charge in [-0.15, -0.1) is 0 Å². The lowest BCUT2D eigenvalue weighted by molar-refractivity contribution is 0.408. The summed E-state index contributed by atoms with van der Waals surface area (Å²) in [7, 11) is 1.64. The van der Waals surface area contributed by atoms with Crippen molar-refractivity contribution in [3.05, 3.63) is 96.3 Å². The Balaban J connectivity index is 1.87. The number of benzene rings is 3. The Bertz CT molecular complexity index is 981. The van der Waals surface area contributed by atoms with Crippen LogP contribution in [0.1, 0.15) is 12.5 Å². The van der Waals surface area contributed by atoms with E-state index in [-0.39, 0.29) is 0 Å². The first-order chi connectivity index (χ1) is 13.6. The molecule has 28 heavy (non-hydrogen) atoms. The molecular formula is C24H23NO2S. The van der Waals surface area contributed by atoms with E-state index in [1.165, 1.54) is 5.56 Å². The minimum atomic E-state index is 0.721. The van der Waals surface area contributed by atoms with E-state index < -0.39 is 0 Å². The lowest BCUT2D eigenvalue weighted by atomic mass is 10.2. The number of methoxy groups -OCH3 is 1. The van der Waals surface area contributed by atoms with Gasteiger partial charge in [-0.1, -0.05) is 53.7 Å². The van der Waals surface area contributed by atoms with Crippen LogP contribution >= 0.6 is 11.8 Å². The summed E-state index contributed by atoms with van der Waals surface area (Å²) in [5.74, 6) is 1.48. The minimum Gasteiger partial charge on any atom is -0.497 e. The number of aryl methyl sites for hydroxylation is 1. The van der Waals surface area contributed by atoms with Crippen molar-refractivity contribution in [2.75, 3.05) is 7.11 Å². The molecule has 0 heterocycles. The normalized spacial score (nSPS) is 12.0. The molecule has 0 aliphatic rings. The molecule has 0 bridgehead atoms.